The Morgan fingerprint density at radius 1 is 1.21 bits per heavy atom. The van der Waals surface area contributed by atoms with Crippen LogP contribution in [0.3, 0.4) is 0 Å². The Morgan fingerprint density at radius 2 is 2.10 bits per heavy atom. The van der Waals surface area contributed by atoms with Gasteiger partial charge in [-0.25, -0.2) is 4.39 Å². The number of aryl methyl sites for hydroxylation is 1. The van der Waals surface area contributed by atoms with Gasteiger partial charge < -0.3 is 10.2 Å². The topological polar surface area (TPSA) is 74.1 Å². The van der Waals surface area contributed by atoms with Crippen molar-refractivity contribution in [2.45, 2.75) is 25.7 Å². The van der Waals surface area contributed by atoms with E-state index in [4.69, 9.17) is 9.97 Å². The summed E-state index contributed by atoms with van der Waals surface area (Å²) in [5, 5.41) is 10.6. The number of H-pyrrole nitrogens is 1. The summed E-state index contributed by atoms with van der Waals surface area (Å²) in [6.07, 6.45) is 3.67. The molecule has 1 atom stereocenters. The molecule has 4 aromatic rings. The van der Waals surface area contributed by atoms with E-state index in [0.717, 1.165) is 36.3 Å². The molecule has 1 aliphatic heterocycles. The van der Waals surface area contributed by atoms with Gasteiger partial charge in [-0.2, -0.15) is 15.1 Å². The van der Waals surface area contributed by atoms with Crippen molar-refractivity contribution in [1.29, 1.82) is 0 Å². The molecule has 1 aliphatic rings. The van der Waals surface area contributed by atoms with Gasteiger partial charge in [0.05, 0.1) is 0 Å². The standard InChI is InChI=1S/C21H22FN7/c1-2-15-12-18(27-26-15)23-21-25-20(24-19-8-5-10-29(19)21)28-11-9-14(13-28)16-6-3-4-7-17(16)22/h3-8,10,12,14H,2,9,11,13H2,1H3,(H2,23,24,25,26,27). The lowest BCUT2D eigenvalue weighted by atomic mass is 9.98. The van der Waals surface area contributed by atoms with Gasteiger partial charge in [-0.3, -0.25) is 9.50 Å². The molecule has 8 heteroatoms. The SMILES string of the molecule is CCc1cc(Nc2nc(N3CCC(c4ccccc4F)C3)nc3cccn23)n[nH]1. The predicted molar refractivity (Wildman–Crippen MR) is 110 cm³/mol. The average Bonchev–Trinajstić information content (AvgIpc) is 3.48. The first-order chi connectivity index (χ1) is 14.2. The van der Waals surface area contributed by atoms with Crippen molar-refractivity contribution in [2.75, 3.05) is 23.3 Å². The quantitative estimate of drug-likeness (QED) is 0.540. The fourth-order valence-electron chi connectivity index (χ4n) is 3.87. The monoisotopic (exact) mass is 391 g/mol. The summed E-state index contributed by atoms with van der Waals surface area (Å²) in [4.78, 5) is 11.6. The lowest BCUT2D eigenvalue weighted by Crippen LogP contribution is -2.23. The number of hydrogen-bond acceptors (Lipinski definition) is 5. The second kappa shape index (κ2) is 7.20. The number of aromatic nitrogens is 5. The number of hydrogen-bond donors (Lipinski definition) is 2. The first-order valence-electron chi connectivity index (χ1n) is 9.87. The molecule has 148 valence electrons. The maximum absolute atomic E-state index is 14.2. The van der Waals surface area contributed by atoms with Crippen molar-refractivity contribution in [1.82, 2.24) is 24.6 Å². The summed E-state index contributed by atoms with van der Waals surface area (Å²) < 4.78 is 16.1. The molecule has 1 fully saturated rings. The highest BCUT2D eigenvalue weighted by atomic mass is 19.1. The Kier molecular flexibility index (Phi) is 4.38. The first-order valence-corrected chi connectivity index (χ1v) is 9.87. The molecule has 1 saturated heterocycles. The molecule has 29 heavy (non-hydrogen) atoms. The first kappa shape index (κ1) is 17.7. The Morgan fingerprint density at radius 3 is 2.93 bits per heavy atom. The van der Waals surface area contributed by atoms with Gasteiger partial charge in [-0.1, -0.05) is 25.1 Å². The average molecular weight is 391 g/mol. The molecule has 0 bridgehead atoms. The van der Waals surface area contributed by atoms with Crippen molar-refractivity contribution < 1.29 is 4.39 Å². The zero-order valence-corrected chi connectivity index (χ0v) is 16.1. The summed E-state index contributed by atoms with van der Waals surface area (Å²) in [6, 6.07) is 12.9. The molecule has 0 radical (unpaired) electrons. The van der Waals surface area contributed by atoms with Gasteiger partial charge in [0, 0.05) is 37.0 Å². The molecule has 0 spiro atoms. The van der Waals surface area contributed by atoms with Crippen molar-refractivity contribution >= 4 is 23.4 Å². The van der Waals surface area contributed by atoms with E-state index in [9.17, 15) is 4.39 Å². The second-order valence-corrected chi connectivity index (χ2v) is 7.29. The lowest BCUT2D eigenvalue weighted by molar-refractivity contribution is 0.589. The van der Waals surface area contributed by atoms with Crippen molar-refractivity contribution in [3.63, 3.8) is 0 Å². The van der Waals surface area contributed by atoms with Crippen molar-refractivity contribution in [3.8, 4) is 0 Å². The van der Waals surface area contributed by atoms with Crippen LogP contribution in [0.15, 0.2) is 48.7 Å². The molecule has 1 aromatic carbocycles. The predicted octanol–water partition coefficient (Wildman–Crippen LogP) is 3.89. The summed E-state index contributed by atoms with van der Waals surface area (Å²) in [7, 11) is 0. The number of benzene rings is 1. The fraction of sp³-hybridized carbons (Fsp3) is 0.286. The molecule has 4 heterocycles. The smallest absolute Gasteiger partial charge is 0.230 e. The minimum absolute atomic E-state index is 0.137. The summed E-state index contributed by atoms with van der Waals surface area (Å²) in [5.41, 5.74) is 2.62. The Bertz CT molecular complexity index is 1150. The highest BCUT2D eigenvalue weighted by Crippen LogP contribution is 2.31. The van der Waals surface area contributed by atoms with Crippen LogP contribution < -0.4 is 10.2 Å². The van der Waals surface area contributed by atoms with E-state index in [1.165, 1.54) is 6.07 Å². The van der Waals surface area contributed by atoms with Gasteiger partial charge in [-0.05, 0) is 36.6 Å². The van der Waals surface area contributed by atoms with Crippen LogP contribution in [0, 0.1) is 5.82 Å². The minimum atomic E-state index is -0.144. The van der Waals surface area contributed by atoms with E-state index in [1.54, 1.807) is 6.07 Å². The Balaban J connectivity index is 1.44. The molecule has 3 aromatic heterocycles. The molecular weight excluding hydrogens is 369 g/mol. The van der Waals surface area contributed by atoms with Gasteiger partial charge in [0.1, 0.15) is 11.5 Å². The zero-order chi connectivity index (χ0) is 19.8. The maximum atomic E-state index is 14.2. The molecule has 0 saturated carbocycles. The highest BCUT2D eigenvalue weighted by molar-refractivity contribution is 5.57. The van der Waals surface area contributed by atoms with Crippen molar-refractivity contribution in [3.05, 3.63) is 65.7 Å². The Hall–Kier alpha value is -3.42. The second-order valence-electron chi connectivity index (χ2n) is 7.29. The fourth-order valence-corrected chi connectivity index (χ4v) is 3.87. The molecule has 5 rings (SSSR count). The van der Waals surface area contributed by atoms with E-state index in [-0.39, 0.29) is 11.7 Å². The molecular formula is C21H22FN7. The van der Waals surface area contributed by atoms with Gasteiger partial charge in [0.15, 0.2) is 5.82 Å². The summed E-state index contributed by atoms with van der Waals surface area (Å²) in [5.74, 6) is 2.00. The normalized spacial score (nSPS) is 16.6. The molecule has 1 unspecified atom stereocenters. The third kappa shape index (κ3) is 3.30. The van der Waals surface area contributed by atoms with Gasteiger partial charge in [0.25, 0.3) is 0 Å². The lowest BCUT2D eigenvalue weighted by Gasteiger charge is -2.18. The number of fused-ring (bicyclic) bond motifs is 1. The third-order valence-corrected chi connectivity index (χ3v) is 5.44. The molecule has 0 aliphatic carbocycles. The largest absolute Gasteiger partial charge is 0.340 e. The number of halogens is 1. The van der Waals surface area contributed by atoms with Crippen LogP contribution in [-0.2, 0) is 6.42 Å². The van der Waals surface area contributed by atoms with Gasteiger partial charge >= 0.3 is 0 Å². The number of aromatic amines is 1. The van der Waals surface area contributed by atoms with Crippen LogP contribution >= 0.6 is 0 Å². The Labute approximate surface area is 167 Å². The van der Waals surface area contributed by atoms with E-state index in [0.29, 0.717) is 24.3 Å². The van der Waals surface area contributed by atoms with Crippen LogP contribution in [-0.4, -0.2) is 37.7 Å². The highest BCUT2D eigenvalue weighted by Gasteiger charge is 2.28. The number of nitrogens with one attached hydrogen (secondary N) is 2. The van der Waals surface area contributed by atoms with Crippen LogP contribution in [0.5, 0.6) is 0 Å². The van der Waals surface area contributed by atoms with E-state index in [2.05, 4.69) is 27.3 Å². The number of rotatable bonds is 5. The van der Waals surface area contributed by atoms with Crippen LogP contribution in [0.4, 0.5) is 22.1 Å². The van der Waals surface area contributed by atoms with E-state index < -0.39 is 0 Å². The molecule has 0 amide bonds. The molecule has 7 nitrogen and oxygen atoms in total. The zero-order valence-electron chi connectivity index (χ0n) is 16.1. The number of nitrogens with zero attached hydrogens (tertiary/aromatic N) is 5. The summed E-state index contributed by atoms with van der Waals surface area (Å²) in [6.45, 7) is 3.56. The molecule has 2 N–H and O–H groups in total. The summed E-state index contributed by atoms with van der Waals surface area (Å²) >= 11 is 0. The van der Waals surface area contributed by atoms with Crippen molar-refractivity contribution in [2.24, 2.45) is 0 Å². The van der Waals surface area contributed by atoms with Crippen LogP contribution in [0.2, 0.25) is 0 Å². The van der Waals surface area contributed by atoms with Gasteiger partial charge in [0.2, 0.25) is 11.9 Å². The van der Waals surface area contributed by atoms with E-state index >= 15 is 0 Å². The van der Waals surface area contributed by atoms with Crippen LogP contribution in [0.1, 0.15) is 30.5 Å². The third-order valence-electron chi connectivity index (χ3n) is 5.44. The minimum Gasteiger partial charge on any atom is -0.340 e. The maximum Gasteiger partial charge on any atom is 0.230 e. The number of anilines is 3. The van der Waals surface area contributed by atoms with Gasteiger partial charge in [-0.15, -0.1) is 0 Å². The van der Waals surface area contributed by atoms with Crippen LogP contribution in [0.25, 0.3) is 5.65 Å². The van der Waals surface area contributed by atoms with E-state index in [1.807, 2.05) is 40.9 Å².